The van der Waals surface area contributed by atoms with Gasteiger partial charge in [0.05, 0.1) is 22.9 Å². The maximum absolute atomic E-state index is 14.2. The van der Waals surface area contributed by atoms with Gasteiger partial charge in [-0.3, -0.25) is 14.3 Å². The number of anilines is 1. The van der Waals surface area contributed by atoms with E-state index in [9.17, 15) is 49.8 Å². The number of aliphatic hydroxyl groups is 1. The number of alkyl halides is 6. The number of hydrogen-bond donors (Lipinski definition) is 3. The van der Waals surface area contributed by atoms with Crippen molar-refractivity contribution in [3.8, 4) is 0 Å². The lowest BCUT2D eigenvalue weighted by molar-refractivity contribution is -0.208. The molecule has 0 saturated carbocycles. The second kappa shape index (κ2) is 9.94. The number of carbonyl (C=O) groups is 2. The average Bonchev–Trinajstić information content (AvgIpc) is 3.39. The predicted molar refractivity (Wildman–Crippen MR) is 132 cm³/mol. The number of halogens is 9. The fourth-order valence-electron chi connectivity index (χ4n) is 4.80. The molecule has 0 fully saturated rings. The molecule has 0 saturated heterocycles. The first-order valence-corrected chi connectivity index (χ1v) is 12.1. The number of aliphatic hydroxyl groups excluding tert-OH is 1. The van der Waals surface area contributed by atoms with Crippen LogP contribution >= 0.6 is 11.6 Å². The number of rotatable bonds is 4. The lowest BCUT2D eigenvalue weighted by atomic mass is 9.93. The Hall–Kier alpha value is -4.24. The molecular formula is C26H15ClF8N4O3. The molecule has 1 aromatic heterocycles. The second-order valence-corrected chi connectivity index (χ2v) is 9.72. The first-order valence-electron chi connectivity index (χ1n) is 11.7. The molecule has 3 N–H and O–H groups in total. The van der Waals surface area contributed by atoms with E-state index >= 15 is 0 Å². The highest BCUT2D eigenvalue weighted by Gasteiger charge is 2.44. The highest BCUT2D eigenvalue weighted by Crippen LogP contribution is 2.45. The molecule has 5 rings (SSSR count). The summed E-state index contributed by atoms with van der Waals surface area (Å²) in [6.07, 6.45) is -13.3. The number of amides is 2. The number of nitrogens with zero attached hydrogens (tertiary/aromatic N) is 2. The van der Waals surface area contributed by atoms with Crippen molar-refractivity contribution in [2.75, 3.05) is 5.32 Å². The van der Waals surface area contributed by atoms with E-state index in [1.54, 1.807) is 0 Å². The van der Waals surface area contributed by atoms with Gasteiger partial charge >= 0.3 is 12.4 Å². The van der Waals surface area contributed by atoms with Crippen molar-refractivity contribution < 1.29 is 49.8 Å². The van der Waals surface area contributed by atoms with Crippen LogP contribution in [0, 0.1) is 11.6 Å². The number of benzene rings is 3. The second-order valence-electron chi connectivity index (χ2n) is 9.31. The summed E-state index contributed by atoms with van der Waals surface area (Å²) in [6, 6.07) is 3.75. The minimum absolute atomic E-state index is 0.0322. The van der Waals surface area contributed by atoms with Crippen molar-refractivity contribution in [3.63, 3.8) is 0 Å². The van der Waals surface area contributed by atoms with Gasteiger partial charge in [0.15, 0.2) is 6.10 Å². The van der Waals surface area contributed by atoms with Crippen molar-refractivity contribution in [2.45, 2.75) is 24.5 Å². The topological polar surface area (TPSA) is 96.2 Å². The van der Waals surface area contributed by atoms with Crippen molar-refractivity contribution in [1.29, 1.82) is 0 Å². The number of hydrogen-bond acceptors (Lipinski definition) is 4. The zero-order chi connectivity index (χ0) is 30.9. The molecule has 2 atom stereocenters. The molecule has 0 unspecified atom stereocenters. The SMILES string of the molecule is Cn1nc2c3c(c(NC(=O)c4cc(F)cc(C(F)(F)F)c4)cc2c1[C@H](O)C(F)(F)F)[C@H](c1cc(F)ccc1Cl)NC3=O. The molecule has 42 heavy (non-hydrogen) atoms. The molecule has 2 amide bonds. The summed E-state index contributed by atoms with van der Waals surface area (Å²) in [7, 11) is 1.06. The Labute approximate surface area is 234 Å². The van der Waals surface area contributed by atoms with Crippen LogP contribution in [0.4, 0.5) is 40.8 Å². The maximum Gasteiger partial charge on any atom is 0.420 e. The van der Waals surface area contributed by atoms with Gasteiger partial charge < -0.3 is 15.7 Å². The van der Waals surface area contributed by atoms with E-state index in [4.69, 9.17) is 11.6 Å². The van der Waals surface area contributed by atoms with Crippen LogP contribution in [0.3, 0.4) is 0 Å². The van der Waals surface area contributed by atoms with Crippen molar-refractivity contribution in [2.24, 2.45) is 7.05 Å². The molecule has 4 aromatic rings. The molecule has 0 bridgehead atoms. The largest absolute Gasteiger partial charge is 0.420 e. The van der Waals surface area contributed by atoms with E-state index in [0.29, 0.717) is 16.8 Å². The summed E-state index contributed by atoms with van der Waals surface area (Å²) in [6.45, 7) is 0. The Morgan fingerprint density at radius 3 is 2.40 bits per heavy atom. The zero-order valence-corrected chi connectivity index (χ0v) is 21.5. The minimum atomic E-state index is -5.18. The standard InChI is InChI=1S/C26H15ClF8N4O3/c1-39-21(22(40)26(33,34)35)14-8-16(36-23(41)9-4-10(25(30,31)32)6-12(29)5-9)17-18(20(14)38-39)24(42)37-19(17)13-7-11(28)2-3-15(13)27/h2-8,19,22,40H,1H3,(H,36,41)(H,37,42)/t19-,22-/m0/s1. The van der Waals surface area contributed by atoms with E-state index in [1.165, 1.54) is 0 Å². The van der Waals surface area contributed by atoms with E-state index in [2.05, 4.69) is 15.7 Å². The zero-order valence-electron chi connectivity index (χ0n) is 20.8. The van der Waals surface area contributed by atoms with Gasteiger partial charge in [0, 0.05) is 39.8 Å². The van der Waals surface area contributed by atoms with Crippen molar-refractivity contribution >= 4 is 40.0 Å². The van der Waals surface area contributed by atoms with Gasteiger partial charge in [0.1, 0.15) is 17.2 Å². The molecule has 220 valence electrons. The first-order chi connectivity index (χ1) is 19.5. The molecule has 0 radical (unpaired) electrons. The number of aromatic nitrogens is 2. The highest BCUT2D eigenvalue weighted by atomic mass is 35.5. The third-order valence-electron chi connectivity index (χ3n) is 6.58. The van der Waals surface area contributed by atoms with E-state index in [1.807, 2.05) is 0 Å². The van der Waals surface area contributed by atoms with Crippen LogP contribution in [-0.4, -0.2) is 32.9 Å². The summed E-state index contributed by atoms with van der Waals surface area (Å²) in [4.78, 5) is 26.3. The molecule has 0 spiro atoms. The molecule has 2 heterocycles. The Morgan fingerprint density at radius 2 is 1.76 bits per heavy atom. The van der Waals surface area contributed by atoms with Crippen molar-refractivity contribution in [1.82, 2.24) is 15.1 Å². The fraction of sp³-hybridized carbons (Fsp3) is 0.192. The molecular weight excluding hydrogens is 604 g/mol. The Kier molecular flexibility index (Phi) is 6.93. The summed E-state index contributed by atoms with van der Waals surface area (Å²) in [5.74, 6) is -4.43. The Bertz CT molecular complexity index is 1780. The van der Waals surface area contributed by atoms with Gasteiger partial charge in [-0.1, -0.05) is 11.6 Å². The van der Waals surface area contributed by atoms with Gasteiger partial charge in [0.25, 0.3) is 11.8 Å². The van der Waals surface area contributed by atoms with E-state index in [-0.39, 0.29) is 33.3 Å². The van der Waals surface area contributed by atoms with Gasteiger partial charge in [-0.05, 0) is 42.5 Å². The number of aryl methyl sites for hydroxylation is 1. The fourth-order valence-corrected chi connectivity index (χ4v) is 5.03. The predicted octanol–water partition coefficient (Wildman–Crippen LogP) is 6.20. The highest BCUT2D eigenvalue weighted by molar-refractivity contribution is 6.31. The van der Waals surface area contributed by atoms with Gasteiger partial charge in [0.2, 0.25) is 0 Å². The normalized spacial score (nSPS) is 16.0. The van der Waals surface area contributed by atoms with Crippen LogP contribution in [0.1, 0.15) is 55.2 Å². The van der Waals surface area contributed by atoms with Crippen molar-refractivity contribution in [3.05, 3.63) is 92.6 Å². The number of carbonyl (C=O) groups excluding carboxylic acids is 2. The van der Waals surface area contributed by atoms with Crippen LogP contribution in [-0.2, 0) is 13.2 Å². The van der Waals surface area contributed by atoms with E-state index in [0.717, 1.165) is 31.3 Å². The lowest BCUT2D eigenvalue weighted by Gasteiger charge is -2.19. The quantitative estimate of drug-likeness (QED) is 0.237. The third-order valence-corrected chi connectivity index (χ3v) is 6.92. The summed E-state index contributed by atoms with van der Waals surface area (Å²) >= 11 is 6.23. The average molecular weight is 619 g/mol. The summed E-state index contributed by atoms with van der Waals surface area (Å²) < 4.78 is 109. The summed E-state index contributed by atoms with van der Waals surface area (Å²) in [5, 5.41) is 18.2. The number of nitrogens with one attached hydrogen (secondary N) is 2. The Morgan fingerprint density at radius 1 is 1.07 bits per heavy atom. The monoisotopic (exact) mass is 618 g/mol. The molecule has 7 nitrogen and oxygen atoms in total. The molecule has 1 aliphatic rings. The maximum atomic E-state index is 14.2. The molecule has 3 aromatic carbocycles. The van der Waals surface area contributed by atoms with Gasteiger partial charge in [-0.2, -0.15) is 31.4 Å². The summed E-state index contributed by atoms with van der Waals surface area (Å²) in [5.41, 5.74) is -4.44. The molecule has 16 heteroatoms. The van der Waals surface area contributed by atoms with Crippen LogP contribution < -0.4 is 10.6 Å². The smallest absolute Gasteiger partial charge is 0.378 e. The van der Waals surface area contributed by atoms with E-state index < -0.39 is 75.8 Å². The first kappa shape index (κ1) is 29.3. The lowest BCUT2D eigenvalue weighted by Crippen LogP contribution is -2.23. The Balaban J connectivity index is 1.76. The minimum Gasteiger partial charge on any atom is -0.378 e. The van der Waals surface area contributed by atoms with Crippen LogP contribution in [0.25, 0.3) is 10.9 Å². The number of fused-ring (bicyclic) bond motifs is 3. The molecule has 0 aliphatic carbocycles. The van der Waals surface area contributed by atoms with Gasteiger partial charge in [-0.15, -0.1) is 0 Å². The van der Waals surface area contributed by atoms with Gasteiger partial charge in [-0.25, -0.2) is 8.78 Å². The van der Waals surface area contributed by atoms with Crippen LogP contribution in [0.15, 0.2) is 42.5 Å². The third kappa shape index (κ3) is 5.02. The van der Waals surface area contributed by atoms with Crippen LogP contribution in [0.5, 0.6) is 0 Å². The van der Waals surface area contributed by atoms with Crippen LogP contribution in [0.2, 0.25) is 5.02 Å². The molecule has 1 aliphatic heterocycles.